The third kappa shape index (κ3) is 5.61. The predicted octanol–water partition coefficient (Wildman–Crippen LogP) is 4.45. The molecule has 0 radical (unpaired) electrons. The molecule has 0 spiro atoms. The minimum Gasteiger partial charge on any atom is -0.491 e. The molecule has 25 heavy (non-hydrogen) atoms. The summed E-state index contributed by atoms with van der Waals surface area (Å²) in [6.45, 7) is 12.7. The van der Waals surface area contributed by atoms with Gasteiger partial charge in [-0.1, -0.05) is 11.6 Å². The maximum atomic E-state index is 12.7. The molecular formula is C20H30ClNO3. The quantitative estimate of drug-likeness (QED) is 0.781. The first-order valence-corrected chi connectivity index (χ1v) is 9.26. The van der Waals surface area contributed by atoms with E-state index in [1.165, 1.54) is 0 Å². The second-order valence-electron chi connectivity index (χ2n) is 8.49. The number of hydrogen-bond acceptors (Lipinski definition) is 4. The van der Waals surface area contributed by atoms with E-state index in [0.717, 1.165) is 18.7 Å². The van der Waals surface area contributed by atoms with Gasteiger partial charge in [-0.15, -0.1) is 0 Å². The smallest absolute Gasteiger partial charge is 0.311 e. The molecule has 1 aliphatic rings. The molecule has 140 valence electrons. The minimum absolute atomic E-state index is 0.00758. The number of ether oxygens (including phenoxy) is 2. The molecule has 1 N–H and O–H groups in total. The minimum atomic E-state index is -0.480. The topological polar surface area (TPSA) is 47.6 Å². The summed E-state index contributed by atoms with van der Waals surface area (Å²) >= 11 is 5.91. The lowest BCUT2D eigenvalue weighted by atomic mass is 9.80. The number of carbonyl (C=O) groups is 1. The molecule has 0 saturated carbocycles. The molecule has 1 heterocycles. The molecule has 0 aromatic heterocycles. The SMILES string of the molecule is C[C@@H](CC1CNC(C)(C)[C@H]1C(=O)OC(C)(C)C)Oc1ccc(Cl)cc1. The Labute approximate surface area is 156 Å². The van der Waals surface area contributed by atoms with Crippen LogP contribution in [0.1, 0.15) is 48.0 Å². The van der Waals surface area contributed by atoms with Crippen LogP contribution in [0.4, 0.5) is 0 Å². The Hall–Kier alpha value is -1.26. The van der Waals surface area contributed by atoms with E-state index in [1.807, 2.05) is 52.0 Å². The summed E-state index contributed by atoms with van der Waals surface area (Å²) in [6.07, 6.45) is 0.773. The summed E-state index contributed by atoms with van der Waals surface area (Å²) in [5.74, 6) is 0.636. The molecule has 1 aromatic rings. The van der Waals surface area contributed by atoms with Crippen LogP contribution < -0.4 is 10.1 Å². The molecule has 1 saturated heterocycles. The fraction of sp³-hybridized carbons (Fsp3) is 0.650. The highest BCUT2D eigenvalue weighted by Gasteiger charge is 2.48. The van der Waals surface area contributed by atoms with Gasteiger partial charge in [0, 0.05) is 10.6 Å². The average Bonchev–Trinajstić information content (AvgIpc) is 2.74. The fourth-order valence-corrected chi connectivity index (χ4v) is 3.63. The molecule has 4 nitrogen and oxygen atoms in total. The number of rotatable bonds is 5. The van der Waals surface area contributed by atoms with Crippen LogP contribution in [0.5, 0.6) is 5.75 Å². The van der Waals surface area contributed by atoms with Gasteiger partial charge in [0.05, 0.1) is 12.0 Å². The normalized spacial score (nSPS) is 24.0. The monoisotopic (exact) mass is 367 g/mol. The summed E-state index contributed by atoms with van der Waals surface area (Å²) in [6, 6.07) is 7.35. The highest BCUT2D eigenvalue weighted by molar-refractivity contribution is 6.30. The average molecular weight is 368 g/mol. The van der Waals surface area contributed by atoms with Crippen molar-refractivity contribution in [3.05, 3.63) is 29.3 Å². The molecule has 3 atom stereocenters. The maximum Gasteiger partial charge on any atom is 0.311 e. The zero-order valence-corrected chi connectivity index (χ0v) is 16.8. The van der Waals surface area contributed by atoms with Crippen molar-refractivity contribution in [1.82, 2.24) is 5.32 Å². The lowest BCUT2D eigenvalue weighted by Gasteiger charge is -2.32. The van der Waals surface area contributed by atoms with E-state index in [2.05, 4.69) is 19.2 Å². The van der Waals surface area contributed by atoms with E-state index >= 15 is 0 Å². The first kappa shape index (κ1) is 20.1. The molecule has 5 heteroatoms. The molecule has 0 bridgehead atoms. The van der Waals surface area contributed by atoms with Crippen molar-refractivity contribution in [2.45, 2.75) is 65.2 Å². The van der Waals surface area contributed by atoms with Gasteiger partial charge in [-0.3, -0.25) is 4.79 Å². The Balaban J connectivity index is 2.03. The third-order valence-corrected chi connectivity index (χ3v) is 4.77. The van der Waals surface area contributed by atoms with Crippen molar-refractivity contribution in [1.29, 1.82) is 0 Å². The van der Waals surface area contributed by atoms with E-state index in [1.54, 1.807) is 0 Å². The third-order valence-electron chi connectivity index (χ3n) is 4.52. The van der Waals surface area contributed by atoms with E-state index in [9.17, 15) is 4.79 Å². The lowest BCUT2D eigenvalue weighted by Crippen LogP contribution is -2.45. The second kappa shape index (κ2) is 7.55. The molecule has 1 aromatic carbocycles. The van der Waals surface area contributed by atoms with Crippen LogP contribution in [0.15, 0.2) is 24.3 Å². The first-order valence-electron chi connectivity index (χ1n) is 8.88. The Morgan fingerprint density at radius 2 is 1.92 bits per heavy atom. The largest absolute Gasteiger partial charge is 0.491 e. The van der Waals surface area contributed by atoms with Crippen LogP contribution in [-0.4, -0.2) is 29.8 Å². The van der Waals surface area contributed by atoms with Crippen LogP contribution >= 0.6 is 11.6 Å². The van der Waals surface area contributed by atoms with Gasteiger partial charge in [0.2, 0.25) is 0 Å². The van der Waals surface area contributed by atoms with E-state index in [0.29, 0.717) is 5.02 Å². The van der Waals surface area contributed by atoms with Gasteiger partial charge in [0.1, 0.15) is 11.4 Å². The summed E-state index contributed by atoms with van der Waals surface area (Å²) in [7, 11) is 0. The molecule has 1 aliphatic heterocycles. The molecule has 1 fully saturated rings. The van der Waals surface area contributed by atoms with Gasteiger partial charge in [0.25, 0.3) is 0 Å². The molecule has 2 rings (SSSR count). The number of hydrogen-bond donors (Lipinski definition) is 1. The van der Waals surface area contributed by atoms with Gasteiger partial charge < -0.3 is 14.8 Å². The summed E-state index contributed by atoms with van der Waals surface area (Å²) < 4.78 is 11.7. The van der Waals surface area contributed by atoms with Crippen LogP contribution in [0, 0.1) is 11.8 Å². The van der Waals surface area contributed by atoms with Crippen molar-refractivity contribution < 1.29 is 14.3 Å². The predicted molar refractivity (Wildman–Crippen MR) is 101 cm³/mol. The molecule has 0 amide bonds. The van der Waals surface area contributed by atoms with Crippen molar-refractivity contribution in [2.75, 3.05) is 6.54 Å². The van der Waals surface area contributed by atoms with Gasteiger partial charge in [0.15, 0.2) is 0 Å². The summed E-state index contributed by atoms with van der Waals surface area (Å²) in [5.41, 5.74) is -0.765. The van der Waals surface area contributed by atoms with E-state index in [-0.39, 0.29) is 29.4 Å². The Morgan fingerprint density at radius 3 is 2.48 bits per heavy atom. The van der Waals surface area contributed by atoms with Crippen LogP contribution in [0.25, 0.3) is 0 Å². The van der Waals surface area contributed by atoms with Crippen molar-refractivity contribution in [3.63, 3.8) is 0 Å². The highest BCUT2D eigenvalue weighted by atomic mass is 35.5. The van der Waals surface area contributed by atoms with Gasteiger partial charge >= 0.3 is 5.97 Å². The highest BCUT2D eigenvalue weighted by Crippen LogP contribution is 2.36. The van der Waals surface area contributed by atoms with E-state index < -0.39 is 5.60 Å². The maximum absolute atomic E-state index is 12.7. The van der Waals surface area contributed by atoms with Crippen LogP contribution in [0.3, 0.4) is 0 Å². The summed E-state index contributed by atoms with van der Waals surface area (Å²) in [4.78, 5) is 12.7. The lowest BCUT2D eigenvalue weighted by molar-refractivity contribution is -0.163. The van der Waals surface area contributed by atoms with Crippen molar-refractivity contribution in [2.24, 2.45) is 11.8 Å². The van der Waals surface area contributed by atoms with Crippen molar-refractivity contribution in [3.8, 4) is 5.75 Å². The Bertz CT molecular complexity index is 592. The van der Waals surface area contributed by atoms with E-state index in [4.69, 9.17) is 21.1 Å². The molecule has 1 unspecified atom stereocenters. The second-order valence-corrected chi connectivity index (χ2v) is 8.93. The number of halogens is 1. The zero-order valence-electron chi connectivity index (χ0n) is 16.1. The van der Waals surface area contributed by atoms with Gasteiger partial charge in [-0.25, -0.2) is 0 Å². The van der Waals surface area contributed by atoms with Gasteiger partial charge in [-0.2, -0.15) is 0 Å². The molecular weight excluding hydrogens is 338 g/mol. The number of benzene rings is 1. The van der Waals surface area contributed by atoms with Crippen LogP contribution in [-0.2, 0) is 9.53 Å². The van der Waals surface area contributed by atoms with Crippen molar-refractivity contribution >= 4 is 17.6 Å². The zero-order chi connectivity index (χ0) is 18.8. The Kier molecular flexibility index (Phi) is 6.05. The number of carbonyl (C=O) groups excluding carboxylic acids is 1. The molecule has 0 aliphatic carbocycles. The van der Waals surface area contributed by atoms with Gasteiger partial charge in [-0.05, 0) is 84.7 Å². The fourth-order valence-electron chi connectivity index (χ4n) is 3.50. The standard InChI is InChI=1S/C20H30ClNO3/c1-13(24-16-9-7-15(21)8-10-16)11-14-12-22-20(5,6)17(14)18(23)25-19(2,3)4/h7-10,13-14,17,22H,11-12H2,1-6H3/t13-,14?,17+/m0/s1. The number of esters is 1. The number of nitrogens with one attached hydrogen (secondary N) is 1. The Morgan fingerprint density at radius 1 is 1.32 bits per heavy atom. The van der Waals surface area contributed by atoms with Crippen LogP contribution in [0.2, 0.25) is 5.02 Å². The summed E-state index contributed by atoms with van der Waals surface area (Å²) in [5, 5.41) is 4.15. The first-order chi connectivity index (χ1) is 11.5.